The fourth-order valence-electron chi connectivity index (χ4n) is 4.17. The van der Waals surface area contributed by atoms with Crippen molar-refractivity contribution in [3.8, 4) is 11.3 Å². The van der Waals surface area contributed by atoms with Crippen molar-refractivity contribution in [1.82, 2.24) is 15.5 Å². The zero-order valence-corrected chi connectivity index (χ0v) is 14.6. The van der Waals surface area contributed by atoms with E-state index in [1.165, 1.54) is 11.8 Å². The molecule has 2 fully saturated rings. The summed E-state index contributed by atoms with van der Waals surface area (Å²) >= 11 is 6.03. The zero-order chi connectivity index (χ0) is 16.8. The van der Waals surface area contributed by atoms with Crippen LogP contribution < -0.4 is 10.2 Å². The largest absolute Gasteiger partial charge is 0.353 e. The molecule has 2 aliphatic rings. The predicted octanol–water partition coefficient (Wildman–Crippen LogP) is 3.75. The fourth-order valence-corrected chi connectivity index (χ4v) is 4.29. The lowest BCUT2D eigenvalue weighted by molar-refractivity contribution is 0.556. The van der Waals surface area contributed by atoms with E-state index in [0.717, 1.165) is 53.0 Å². The molecule has 1 N–H and O–H groups in total. The third-order valence-electron chi connectivity index (χ3n) is 5.45. The summed E-state index contributed by atoms with van der Waals surface area (Å²) in [6, 6.07) is 16.8. The molecule has 3 heterocycles. The number of benzene rings is 2. The number of fused-ring (bicyclic) bond motifs is 2. The summed E-state index contributed by atoms with van der Waals surface area (Å²) < 4.78 is 0. The van der Waals surface area contributed by atoms with Crippen molar-refractivity contribution in [2.75, 3.05) is 24.5 Å². The number of nitrogens with one attached hydrogen (secondary N) is 1. The molecule has 0 saturated carbocycles. The van der Waals surface area contributed by atoms with Crippen molar-refractivity contribution in [2.45, 2.75) is 12.5 Å². The van der Waals surface area contributed by atoms with Crippen LogP contribution in [-0.2, 0) is 0 Å². The number of halogens is 1. The smallest absolute Gasteiger partial charge is 0.159 e. The van der Waals surface area contributed by atoms with Gasteiger partial charge in [0.2, 0.25) is 0 Å². The topological polar surface area (TPSA) is 41.1 Å². The van der Waals surface area contributed by atoms with Gasteiger partial charge in [0.1, 0.15) is 5.69 Å². The van der Waals surface area contributed by atoms with Crippen LogP contribution >= 0.6 is 11.6 Å². The predicted molar refractivity (Wildman–Crippen MR) is 102 cm³/mol. The molecule has 2 aromatic carbocycles. The maximum atomic E-state index is 6.03. The van der Waals surface area contributed by atoms with Gasteiger partial charge in [-0.2, -0.15) is 0 Å². The van der Waals surface area contributed by atoms with E-state index in [9.17, 15) is 0 Å². The molecule has 5 heteroatoms. The standard InChI is InChI=1S/C20H19ClN4/c21-15-7-5-13(6-8-15)19-16-3-1-2-4-17(16)20(24-23-19)25-11-14-9-10-22-18(14)12-25/h1-8,14,18,22H,9-12H2. The lowest BCUT2D eigenvalue weighted by Gasteiger charge is -2.20. The van der Waals surface area contributed by atoms with Crippen molar-refractivity contribution in [3.63, 3.8) is 0 Å². The van der Waals surface area contributed by atoms with Gasteiger partial charge in [-0.25, -0.2) is 0 Å². The fraction of sp³-hybridized carbons (Fsp3) is 0.300. The van der Waals surface area contributed by atoms with Crippen molar-refractivity contribution in [1.29, 1.82) is 0 Å². The summed E-state index contributed by atoms with van der Waals surface area (Å²) in [5.74, 6) is 1.74. The first-order valence-electron chi connectivity index (χ1n) is 8.79. The van der Waals surface area contributed by atoms with Gasteiger partial charge in [0.25, 0.3) is 0 Å². The summed E-state index contributed by atoms with van der Waals surface area (Å²) in [5, 5.41) is 15.9. The molecule has 5 rings (SSSR count). The minimum Gasteiger partial charge on any atom is -0.353 e. The van der Waals surface area contributed by atoms with E-state index in [4.69, 9.17) is 11.6 Å². The van der Waals surface area contributed by atoms with Crippen molar-refractivity contribution in [2.24, 2.45) is 5.92 Å². The summed E-state index contributed by atoms with van der Waals surface area (Å²) in [5.41, 5.74) is 1.95. The number of anilines is 1. The highest BCUT2D eigenvalue weighted by Gasteiger charge is 2.37. The Kier molecular flexibility index (Phi) is 3.61. The molecule has 126 valence electrons. The molecule has 4 nitrogen and oxygen atoms in total. The van der Waals surface area contributed by atoms with Gasteiger partial charge in [-0.05, 0) is 31.0 Å². The maximum absolute atomic E-state index is 6.03. The van der Waals surface area contributed by atoms with E-state index in [-0.39, 0.29) is 0 Å². The highest BCUT2D eigenvalue weighted by molar-refractivity contribution is 6.30. The van der Waals surface area contributed by atoms with Gasteiger partial charge in [0.15, 0.2) is 5.82 Å². The highest BCUT2D eigenvalue weighted by atomic mass is 35.5. The van der Waals surface area contributed by atoms with Crippen molar-refractivity contribution < 1.29 is 0 Å². The van der Waals surface area contributed by atoms with Crippen LogP contribution in [0.15, 0.2) is 48.5 Å². The first-order valence-corrected chi connectivity index (χ1v) is 9.17. The van der Waals surface area contributed by atoms with Gasteiger partial charge in [-0.15, -0.1) is 10.2 Å². The van der Waals surface area contributed by atoms with E-state index >= 15 is 0 Å². The van der Waals surface area contributed by atoms with Crippen LogP contribution in [0.4, 0.5) is 5.82 Å². The van der Waals surface area contributed by atoms with Crippen LogP contribution in [0.3, 0.4) is 0 Å². The highest BCUT2D eigenvalue weighted by Crippen LogP contribution is 2.35. The zero-order valence-electron chi connectivity index (χ0n) is 13.8. The number of nitrogens with zero attached hydrogens (tertiary/aromatic N) is 3. The van der Waals surface area contributed by atoms with E-state index in [1.54, 1.807) is 0 Å². The molecule has 2 aliphatic heterocycles. The second-order valence-electron chi connectivity index (χ2n) is 6.94. The van der Waals surface area contributed by atoms with E-state index in [1.807, 2.05) is 24.3 Å². The van der Waals surface area contributed by atoms with Crippen LogP contribution in [0.1, 0.15) is 6.42 Å². The van der Waals surface area contributed by atoms with Gasteiger partial charge in [0, 0.05) is 40.5 Å². The Balaban J connectivity index is 1.60. The SMILES string of the molecule is Clc1ccc(-c2nnc(N3CC4CCNC4C3)c3ccccc23)cc1. The van der Waals surface area contributed by atoms with Crippen LogP contribution in [-0.4, -0.2) is 35.9 Å². The molecule has 2 atom stereocenters. The number of rotatable bonds is 2. The first kappa shape index (κ1) is 15.1. The molecule has 3 aromatic rings. The van der Waals surface area contributed by atoms with Gasteiger partial charge in [-0.1, -0.05) is 48.0 Å². The lowest BCUT2D eigenvalue weighted by Crippen LogP contribution is -2.30. The molecule has 0 aliphatic carbocycles. The molecule has 1 aromatic heterocycles. The van der Waals surface area contributed by atoms with Gasteiger partial charge in [-0.3, -0.25) is 0 Å². The second-order valence-corrected chi connectivity index (χ2v) is 7.38. The summed E-state index contributed by atoms with van der Waals surface area (Å²) in [6.45, 7) is 3.23. The van der Waals surface area contributed by atoms with E-state index in [0.29, 0.717) is 6.04 Å². The number of hydrogen-bond donors (Lipinski definition) is 1. The van der Waals surface area contributed by atoms with Crippen LogP contribution in [0.5, 0.6) is 0 Å². The second kappa shape index (κ2) is 5.97. The Bertz CT molecular complexity index is 913. The molecule has 25 heavy (non-hydrogen) atoms. The molecular formula is C20H19ClN4. The Morgan fingerprint density at radius 3 is 2.56 bits per heavy atom. The number of hydrogen-bond acceptors (Lipinski definition) is 4. The van der Waals surface area contributed by atoms with Gasteiger partial charge in [0.05, 0.1) is 0 Å². The molecule has 2 unspecified atom stereocenters. The Labute approximate surface area is 151 Å². The molecule has 0 radical (unpaired) electrons. The van der Waals surface area contributed by atoms with Crippen molar-refractivity contribution >= 4 is 28.2 Å². The number of aromatic nitrogens is 2. The monoisotopic (exact) mass is 350 g/mol. The van der Waals surface area contributed by atoms with Crippen LogP contribution in [0.2, 0.25) is 5.02 Å². The minimum absolute atomic E-state index is 0.594. The molecule has 0 bridgehead atoms. The Hall–Kier alpha value is -2.17. The Morgan fingerprint density at radius 2 is 1.76 bits per heavy atom. The first-order chi connectivity index (χ1) is 12.3. The normalized spacial score (nSPS) is 22.5. The van der Waals surface area contributed by atoms with Crippen molar-refractivity contribution in [3.05, 3.63) is 53.6 Å². The summed E-state index contributed by atoms with van der Waals surface area (Å²) in [7, 11) is 0. The average molecular weight is 351 g/mol. The minimum atomic E-state index is 0.594. The average Bonchev–Trinajstić information content (AvgIpc) is 3.23. The maximum Gasteiger partial charge on any atom is 0.159 e. The molecule has 2 saturated heterocycles. The third-order valence-corrected chi connectivity index (χ3v) is 5.70. The van der Waals surface area contributed by atoms with Crippen LogP contribution in [0, 0.1) is 5.92 Å². The molecular weight excluding hydrogens is 332 g/mol. The Morgan fingerprint density at radius 1 is 0.960 bits per heavy atom. The summed E-state index contributed by atoms with van der Waals surface area (Å²) in [6.07, 6.45) is 1.26. The van der Waals surface area contributed by atoms with E-state index < -0.39 is 0 Å². The van der Waals surface area contributed by atoms with E-state index in [2.05, 4.69) is 44.7 Å². The third kappa shape index (κ3) is 2.57. The summed E-state index contributed by atoms with van der Waals surface area (Å²) in [4.78, 5) is 2.39. The molecule has 0 amide bonds. The quantitative estimate of drug-likeness (QED) is 0.764. The lowest BCUT2D eigenvalue weighted by atomic mass is 10.0. The van der Waals surface area contributed by atoms with Crippen LogP contribution in [0.25, 0.3) is 22.0 Å². The molecule has 0 spiro atoms. The van der Waals surface area contributed by atoms with Gasteiger partial charge >= 0.3 is 0 Å². The van der Waals surface area contributed by atoms with Gasteiger partial charge < -0.3 is 10.2 Å².